The van der Waals surface area contributed by atoms with E-state index in [-0.39, 0.29) is 11.1 Å². The van der Waals surface area contributed by atoms with E-state index in [4.69, 9.17) is 0 Å². The average molecular weight is 287 g/mol. The van der Waals surface area contributed by atoms with Gasteiger partial charge in [-0.25, -0.2) is 4.98 Å². The van der Waals surface area contributed by atoms with Crippen molar-refractivity contribution in [2.45, 2.75) is 27.7 Å². The third-order valence-corrected chi connectivity index (χ3v) is 4.02. The summed E-state index contributed by atoms with van der Waals surface area (Å²) in [6.07, 6.45) is 1.61. The molecule has 2 aromatic rings. The molecule has 2 rings (SSSR count). The molecule has 5 nitrogen and oxygen atoms in total. The van der Waals surface area contributed by atoms with Crippen molar-refractivity contribution in [3.05, 3.63) is 40.6 Å². The monoisotopic (exact) mass is 287 g/mol. The molecule has 0 fully saturated rings. The fourth-order valence-corrected chi connectivity index (χ4v) is 2.03. The lowest BCUT2D eigenvalue weighted by molar-refractivity contribution is -0.383. The summed E-state index contributed by atoms with van der Waals surface area (Å²) >= 11 is 0. The van der Waals surface area contributed by atoms with E-state index in [2.05, 4.69) is 38.0 Å². The fourth-order valence-electron chi connectivity index (χ4n) is 2.03. The Morgan fingerprint density at radius 1 is 1.33 bits per heavy atom. The summed E-state index contributed by atoms with van der Waals surface area (Å²) in [6, 6.07) is 6.90. The zero-order chi connectivity index (χ0) is 15.6. The first-order valence-electron chi connectivity index (χ1n) is 7.06. The van der Waals surface area contributed by atoms with E-state index in [0.29, 0.717) is 11.4 Å². The minimum absolute atomic E-state index is 0.0417. The molecular formula is C16H21N3O2. The lowest BCUT2D eigenvalue weighted by Gasteiger charge is -2.27. The molecular weight excluding hydrogens is 266 g/mol. The number of nitro groups is 1. The molecule has 0 bridgehead atoms. The van der Waals surface area contributed by atoms with E-state index in [1.165, 1.54) is 6.07 Å². The van der Waals surface area contributed by atoms with Crippen LogP contribution in [0.4, 0.5) is 11.4 Å². The SMILES string of the molecule is CC(CNc1ccnc2c([N+](=O)[O-])cccc12)C(C)(C)C. The summed E-state index contributed by atoms with van der Waals surface area (Å²) in [5.41, 5.74) is 1.57. The van der Waals surface area contributed by atoms with Crippen molar-refractivity contribution in [1.29, 1.82) is 0 Å². The molecule has 5 heteroatoms. The summed E-state index contributed by atoms with van der Waals surface area (Å²) in [5.74, 6) is 0.472. The number of aromatic nitrogens is 1. The van der Waals surface area contributed by atoms with Gasteiger partial charge in [0.15, 0.2) is 0 Å². The second kappa shape index (κ2) is 5.68. The highest BCUT2D eigenvalue weighted by Gasteiger charge is 2.20. The zero-order valence-electron chi connectivity index (χ0n) is 12.9. The van der Waals surface area contributed by atoms with Crippen molar-refractivity contribution >= 4 is 22.3 Å². The van der Waals surface area contributed by atoms with Gasteiger partial charge in [-0.2, -0.15) is 0 Å². The van der Waals surface area contributed by atoms with Crippen molar-refractivity contribution in [3.8, 4) is 0 Å². The molecule has 0 aliphatic carbocycles. The van der Waals surface area contributed by atoms with Crippen LogP contribution in [0.2, 0.25) is 0 Å². The number of non-ortho nitro benzene ring substituents is 1. The molecule has 1 N–H and O–H groups in total. The maximum absolute atomic E-state index is 11.1. The number of nitrogens with zero attached hydrogens (tertiary/aromatic N) is 2. The smallest absolute Gasteiger partial charge is 0.295 e. The van der Waals surface area contributed by atoms with Gasteiger partial charge in [0, 0.05) is 29.9 Å². The highest BCUT2D eigenvalue weighted by atomic mass is 16.6. The van der Waals surface area contributed by atoms with E-state index in [9.17, 15) is 10.1 Å². The second-order valence-corrected chi connectivity index (χ2v) is 6.44. The van der Waals surface area contributed by atoms with E-state index in [1.54, 1.807) is 12.3 Å². The van der Waals surface area contributed by atoms with Gasteiger partial charge in [-0.3, -0.25) is 10.1 Å². The van der Waals surface area contributed by atoms with Crippen LogP contribution in [0.15, 0.2) is 30.5 Å². The number of fused-ring (bicyclic) bond motifs is 1. The number of nitrogens with one attached hydrogen (secondary N) is 1. The highest BCUT2D eigenvalue weighted by molar-refractivity contribution is 5.96. The summed E-state index contributed by atoms with van der Waals surface area (Å²) in [7, 11) is 0. The number of anilines is 1. The third kappa shape index (κ3) is 3.29. The van der Waals surface area contributed by atoms with Crippen LogP contribution in [-0.4, -0.2) is 16.5 Å². The van der Waals surface area contributed by atoms with Crippen molar-refractivity contribution < 1.29 is 4.92 Å². The summed E-state index contributed by atoms with van der Waals surface area (Å²) < 4.78 is 0. The van der Waals surface area contributed by atoms with Crippen LogP contribution in [0.3, 0.4) is 0 Å². The van der Waals surface area contributed by atoms with Crippen LogP contribution in [-0.2, 0) is 0 Å². The predicted octanol–water partition coefficient (Wildman–Crippen LogP) is 4.24. The number of para-hydroxylation sites is 1. The predicted molar refractivity (Wildman–Crippen MR) is 85.5 cm³/mol. The summed E-state index contributed by atoms with van der Waals surface area (Å²) in [5, 5.41) is 15.3. The number of hydrogen-bond donors (Lipinski definition) is 1. The summed E-state index contributed by atoms with van der Waals surface area (Å²) in [4.78, 5) is 14.8. The van der Waals surface area contributed by atoms with Gasteiger partial charge < -0.3 is 5.32 Å². The van der Waals surface area contributed by atoms with Crippen molar-refractivity contribution in [3.63, 3.8) is 0 Å². The maximum atomic E-state index is 11.1. The Bertz CT molecular complexity index is 662. The van der Waals surface area contributed by atoms with Crippen LogP contribution >= 0.6 is 0 Å². The lowest BCUT2D eigenvalue weighted by Crippen LogP contribution is -2.24. The lowest BCUT2D eigenvalue weighted by atomic mass is 9.82. The molecule has 0 saturated carbocycles. The molecule has 21 heavy (non-hydrogen) atoms. The molecule has 0 aliphatic rings. The van der Waals surface area contributed by atoms with Gasteiger partial charge in [0.1, 0.15) is 5.52 Å². The number of pyridine rings is 1. The molecule has 1 unspecified atom stereocenters. The molecule has 1 atom stereocenters. The number of benzene rings is 1. The van der Waals surface area contributed by atoms with E-state index < -0.39 is 4.92 Å². The molecule has 1 heterocycles. The minimum atomic E-state index is -0.392. The number of nitro benzene ring substituents is 1. The average Bonchev–Trinajstić information content (AvgIpc) is 2.42. The first-order valence-corrected chi connectivity index (χ1v) is 7.06. The minimum Gasteiger partial charge on any atom is -0.384 e. The molecule has 112 valence electrons. The van der Waals surface area contributed by atoms with E-state index in [0.717, 1.165) is 17.6 Å². The van der Waals surface area contributed by atoms with Crippen LogP contribution in [0.25, 0.3) is 10.9 Å². The standard InChI is InChI=1S/C16H21N3O2/c1-11(16(2,3)4)10-18-13-8-9-17-15-12(13)6-5-7-14(15)19(20)21/h5-9,11H,10H2,1-4H3,(H,17,18). The Hall–Kier alpha value is -2.17. The maximum Gasteiger partial charge on any atom is 0.295 e. The Labute approximate surface area is 124 Å². The Morgan fingerprint density at radius 3 is 2.67 bits per heavy atom. The Morgan fingerprint density at radius 2 is 2.05 bits per heavy atom. The largest absolute Gasteiger partial charge is 0.384 e. The van der Waals surface area contributed by atoms with Crippen molar-refractivity contribution in [1.82, 2.24) is 4.98 Å². The van der Waals surface area contributed by atoms with Gasteiger partial charge in [0.2, 0.25) is 0 Å². The quantitative estimate of drug-likeness (QED) is 0.674. The Balaban J connectivity index is 2.33. The molecule has 0 saturated heterocycles. The number of rotatable bonds is 4. The second-order valence-electron chi connectivity index (χ2n) is 6.44. The fraction of sp³-hybridized carbons (Fsp3) is 0.438. The van der Waals surface area contributed by atoms with Crippen LogP contribution in [0, 0.1) is 21.4 Å². The van der Waals surface area contributed by atoms with E-state index in [1.807, 2.05) is 12.1 Å². The van der Waals surface area contributed by atoms with Gasteiger partial charge in [0.05, 0.1) is 4.92 Å². The van der Waals surface area contributed by atoms with Crippen LogP contribution in [0.1, 0.15) is 27.7 Å². The van der Waals surface area contributed by atoms with Gasteiger partial charge in [-0.15, -0.1) is 0 Å². The first kappa shape index (κ1) is 15.2. The summed E-state index contributed by atoms with van der Waals surface area (Å²) in [6.45, 7) is 9.61. The third-order valence-electron chi connectivity index (χ3n) is 4.02. The zero-order valence-corrected chi connectivity index (χ0v) is 12.9. The van der Waals surface area contributed by atoms with Gasteiger partial charge >= 0.3 is 0 Å². The van der Waals surface area contributed by atoms with Gasteiger partial charge in [0.25, 0.3) is 5.69 Å². The van der Waals surface area contributed by atoms with Gasteiger partial charge in [-0.05, 0) is 17.4 Å². The normalized spacial score (nSPS) is 13.1. The number of hydrogen-bond acceptors (Lipinski definition) is 4. The van der Waals surface area contributed by atoms with Gasteiger partial charge in [-0.1, -0.05) is 39.8 Å². The molecule has 1 aromatic carbocycles. The highest BCUT2D eigenvalue weighted by Crippen LogP contribution is 2.30. The molecule has 0 radical (unpaired) electrons. The van der Waals surface area contributed by atoms with Crippen molar-refractivity contribution in [2.24, 2.45) is 11.3 Å². The molecule has 0 aliphatic heterocycles. The Kier molecular flexibility index (Phi) is 4.11. The first-order chi connectivity index (χ1) is 9.80. The molecule has 1 aromatic heterocycles. The van der Waals surface area contributed by atoms with Crippen LogP contribution < -0.4 is 5.32 Å². The molecule has 0 spiro atoms. The van der Waals surface area contributed by atoms with Crippen molar-refractivity contribution in [2.75, 3.05) is 11.9 Å². The van der Waals surface area contributed by atoms with Crippen LogP contribution in [0.5, 0.6) is 0 Å². The van der Waals surface area contributed by atoms with E-state index >= 15 is 0 Å². The molecule has 0 amide bonds. The topological polar surface area (TPSA) is 68.1 Å².